The molecule has 1 aromatic heterocycles. The number of rotatable bonds is 7. The third-order valence-electron chi connectivity index (χ3n) is 5.36. The number of hydrogen-bond donors (Lipinski definition) is 0. The summed E-state index contributed by atoms with van der Waals surface area (Å²) in [5.41, 5.74) is 1.06. The Bertz CT molecular complexity index is 970. The molecule has 3 aromatic rings. The molecule has 1 atom stereocenters. The van der Waals surface area contributed by atoms with Crippen molar-refractivity contribution < 1.29 is 18.7 Å². The van der Waals surface area contributed by atoms with Crippen LogP contribution in [0.4, 0.5) is 0 Å². The summed E-state index contributed by atoms with van der Waals surface area (Å²) in [5, 5.41) is 0. The smallest absolute Gasteiger partial charge is 0.260 e. The van der Waals surface area contributed by atoms with Gasteiger partial charge in [0.25, 0.3) is 5.91 Å². The van der Waals surface area contributed by atoms with Crippen LogP contribution in [0.5, 0.6) is 11.5 Å². The summed E-state index contributed by atoms with van der Waals surface area (Å²) >= 11 is 0. The van der Waals surface area contributed by atoms with Crippen molar-refractivity contribution in [2.75, 3.05) is 26.8 Å². The summed E-state index contributed by atoms with van der Waals surface area (Å²) in [6.45, 7) is 1.38. The SMILES string of the molecule is COc1ccccc1Cc1cnc([C@@H]2CCCN(C(=O)COc3ccccc3)C2)o1. The van der Waals surface area contributed by atoms with Gasteiger partial charge < -0.3 is 18.8 Å². The predicted molar refractivity (Wildman–Crippen MR) is 113 cm³/mol. The number of ether oxygens (including phenoxy) is 2. The fourth-order valence-corrected chi connectivity index (χ4v) is 3.79. The fraction of sp³-hybridized carbons (Fsp3) is 0.333. The average molecular weight is 406 g/mol. The molecule has 2 aromatic carbocycles. The monoisotopic (exact) mass is 406 g/mol. The van der Waals surface area contributed by atoms with Gasteiger partial charge in [0.2, 0.25) is 0 Å². The van der Waals surface area contributed by atoms with E-state index in [0.717, 1.165) is 36.5 Å². The number of para-hydroxylation sites is 2. The van der Waals surface area contributed by atoms with E-state index in [-0.39, 0.29) is 18.4 Å². The molecule has 156 valence electrons. The van der Waals surface area contributed by atoms with E-state index in [1.165, 1.54) is 0 Å². The predicted octanol–water partition coefficient (Wildman–Crippen LogP) is 4.06. The van der Waals surface area contributed by atoms with E-state index in [1.807, 2.05) is 59.5 Å². The second kappa shape index (κ2) is 9.48. The van der Waals surface area contributed by atoms with Crippen molar-refractivity contribution in [2.24, 2.45) is 0 Å². The molecule has 0 aliphatic carbocycles. The number of nitrogens with zero attached hydrogens (tertiary/aromatic N) is 2. The zero-order valence-corrected chi connectivity index (χ0v) is 17.1. The van der Waals surface area contributed by atoms with Gasteiger partial charge >= 0.3 is 0 Å². The Labute approximate surface area is 176 Å². The van der Waals surface area contributed by atoms with E-state index >= 15 is 0 Å². The quantitative estimate of drug-likeness (QED) is 0.592. The number of hydrogen-bond acceptors (Lipinski definition) is 5. The van der Waals surface area contributed by atoms with Crippen LogP contribution in [0.15, 0.2) is 65.2 Å². The van der Waals surface area contributed by atoms with Gasteiger partial charge in [0.1, 0.15) is 17.3 Å². The van der Waals surface area contributed by atoms with E-state index < -0.39 is 0 Å². The van der Waals surface area contributed by atoms with Crippen LogP contribution in [0, 0.1) is 0 Å². The number of methoxy groups -OCH3 is 1. The van der Waals surface area contributed by atoms with Crippen molar-refractivity contribution in [3.05, 3.63) is 78.0 Å². The van der Waals surface area contributed by atoms with Gasteiger partial charge in [-0.1, -0.05) is 36.4 Å². The molecule has 2 heterocycles. The molecule has 4 rings (SSSR count). The molecule has 1 saturated heterocycles. The number of carbonyl (C=O) groups is 1. The number of amides is 1. The molecule has 0 spiro atoms. The van der Waals surface area contributed by atoms with E-state index in [1.54, 1.807) is 13.3 Å². The first-order chi connectivity index (χ1) is 14.7. The van der Waals surface area contributed by atoms with Crippen LogP contribution in [0.3, 0.4) is 0 Å². The lowest BCUT2D eigenvalue weighted by atomic mass is 9.98. The number of likely N-dealkylation sites (tertiary alicyclic amines) is 1. The van der Waals surface area contributed by atoms with Crippen LogP contribution in [0.2, 0.25) is 0 Å². The molecule has 1 aliphatic rings. The maximum absolute atomic E-state index is 12.6. The summed E-state index contributed by atoms with van der Waals surface area (Å²) in [6.07, 6.45) is 4.28. The summed E-state index contributed by atoms with van der Waals surface area (Å²) < 4.78 is 17.1. The van der Waals surface area contributed by atoms with Crippen LogP contribution in [-0.2, 0) is 11.2 Å². The highest BCUT2D eigenvalue weighted by molar-refractivity contribution is 5.78. The van der Waals surface area contributed by atoms with Gasteiger partial charge in [-0.15, -0.1) is 0 Å². The van der Waals surface area contributed by atoms with Crippen LogP contribution >= 0.6 is 0 Å². The second-order valence-electron chi connectivity index (χ2n) is 7.43. The van der Waals surface area contributed by atoms with E-state index in [4.69, 9.17) is 13.9 Å². The number of piperidine rings is 1. The minimum absolute atomic E-state index is 0.00986. The van der Waals surface area contributed by atoms with E-state index in [0.29, 0.717) is 24.6 Å². The van der Waals surface area contributed by atoms with Crippen molar-refractivity contribution in [1.29, 1.82) is 0 Å². The Hall–Kier alpha value is -3.28. The number of benzene rings is 2. The Morgan fingerprint density at radius 2 is 1.97 bits per heavy atom. The zero-order valence-electron chi connectivity index (χ0n) is 17.1. The minimum atomic E-state index is -0.00986. The molecule has 1 aliphatic heterocycles. The molecule has 0 unspecified atom stereocenters. The molecule has 0 saturated carbocycles. The van der Waals surface area contributed by atoms with Gasteiger partial charge in [0.15, 0.2) is 12.5 Å². The molecule has 1 amide bonds. The standard InChI is InChI=1S/C24H26N2O4/c1-28-22-12-6-5-8-18(22)14-21-15-25-24(30-21)19-9-7-13-26(16-19)23(27)17-29-20-10-3-2-4-11-20/h2-6,8,10-12,15,19H,7,9,13-14,16-17H2,1H3/t19-/m1/s1. The van der Waals surface area contributed by atoms with E-state index in [2.05, 4.69) is 4.98 Å². The zero-order chi connectivity index (χ0) is 20.8. The highest BCUT2D eigenvalue weighted by atomic mass is 16.5. The van der Waals surface area contributed by atoms with Crippen molar-refractivity contribution in [1.82, 2.24) is 9.88 Å². The average Bonchev–Trinajstić information content (AvgIpc) is 3.27. The van der Waals surface area contributed by atoms with Gasteiger partial charge in [-0.3, -0.25) is 4.79 Å². The maximum Gasteiger partial charge on any atom is 0.260 e. The molecule has 0 radical (unpaired) electrons. The van der Waals surface area contributed by atoms with Crippen LogP contribution in [-0.4, -0.2) is 42.6 Å². The molecule has 30 heavy (non-hydrogen) atoms. The van der Waals surface area contributed by atoms with Gasteiger partial charge in [-0.05, 0) is 31.0 Å². The summed E-state index contributed by atoms with van der Waals surface area (Å²) in [5.74, 6) is 3.12. The molecule has 0 bridgehead atoms. The molecule has 6 heteroatoms. The highest BCUT2D eigenvalue weighted by Crippen LogP contribution is 2.28. The van der Waals surface area contributed by atoms with Crippen molar-refractivity contribution >= 4 is 5.91 Å². The second-order valence-corrected chi connectivity index (χ2v) is 7.43. The van der Waals surface area contributed by atoms with Crippen LogP contribution < -0.4 is 9.47 Å². The first-order valence-electron chi connectivity index (χ1n) is 10.2. The molecule has 6 nitrogen and oxygen atoms in total. The highest BCUT2D eigenvalue weighted by Gasteiger charge is 2.28. The summed E-state index contributed by atoms with van der Waals surface area (Å²) in [6, 6.07) is 17.3. The van der Waals surface area contributed by atoms with Gasteiger partial charge in [-0.25, -0.2) is 4.98 Å². The fourth-order valence-electron chi connectivity index (χ4n) is 3.79. The van der Waals surface area contributed by atoms with Crippen molar-refractivity contribution in [3.8, 4) is 11.5 Å². The Morgan fingerprint density at radius 1 is 1.17 bits per heavy atom. The number of carbonyl (C=O) groups excluding carboxylic acids is 1. The molecule has 0 N–H and O–H groups in total. The molecular weight excluding hydrogens is 380 g/mol. The van der Waals surface area contributed by atoms with Crippen LogP contribution in [0.25, 0.3) is 0 Å². The first-order valence-corrected chi connectivity index (χ1v) is 10.2. The molecular formula is C24H26N2O4. The Kier molecular flexibility index (Phi) is 6.32. The largest absolute Gasteiger partial charge is 0.496 e. The topological polar surface area (TPSA) is 64.8 Å². The molecule has 1 fully saturated rings. The summed E-state index contributed by atoms with van der Waals surface area (Å²) in [7, 11) is 1.67. The lowest BCUT2D eigenvalue weighted by molar-refractivity contribution is -0.134. The van der Waals surface area contributed by atoms with E-state index in [9.17, 15) is 4.79 Å². The first kappa shape index (κ1) is 20.0. The normalized spacial score (nSPS) is 16.3. The minimum Gasteiger partial charge on any atom is -0.496 e. The van der Waals surface area contributed by atoms with Crippen molar-refractivity contribution in [3.63, 3.8) is 0 Å². The van der Waals surface area contributed by atoms with Crippen LogP contribution in [0.1, 0.15) is 36.0 Å². The maximum atomic E-state index is 12.6. The lowest BCUT2D eigenvalue weighted by Crippen LogP contribution is -2.41. The third kappa shape index (κ3) is 4.82. The Balaban J connectivity index is 1.36. The Morgan fingerprint density at radius 3 is 2.80 bits per heavy atom. The third-order valence-corrected chi connectivity index (χ3v) is 5.36. The lowest BCUT2D eigenvalue weighted by Gasteiger charge is -2.31. The summed E-state index contributed by atoms with van der Waals surface area (Å²) in [4.78, 5) is 19.0. The van der Waals surface area contributed by atoms with Gasteiger partial charge in [0, 0.05) is 25.1 Å². The number of aromatic nitrogens is 1. The van der Waals surface area contributed by atoms with Crippen molar-refractivity contribution in [2.45, 2.75) is 25.2 Å². The number of oxazole rings is 1. The van der Waals surface area contributed by atoms with Gasteiger partial charge in [0.05, 0.1) is 19.2 Å². The van der Waals surface area contributed by atoms with Gasteiger partial charge in [-0.2, -0.15) is 0 Å².